The summed E-state index contributed by atoms with van der Waals surface area (Å²) in [6.07, 6.45) is 1.05. The highest BCUT2D eigenvalue weighted by molar-refractivity contribution is 5.97. The average molecular weight is 356 g/mol. The number of esters is 1. The van der Waals surface area contributed by atoms with Crippen LogP contribution in [0.15, 0.2) is 42.5 Å². The van der Waals surface area contributed by atoms with Crippen molar-refractivity contribution >= 4 is 22.6 Å². The van der Waals surface area contributed by atoms with Crippen LogP contribution in [0.25, 0.3) is 10.8 Å². The van der Waals surface area contributed by atoms with Gasteiger partial charge in [0.25, 0.3) is 0 Å². The SMILES string of the molecule is [2H]CC(C)(C)OC(=O)[C@]1(c2cccc3ccccc23)CCCN1C(=O)CO. The molecule has 0 aliphatic carbocycles. The third-order valence-electron chi connectivity index (χ3n) is 4.76. The van der Waals surface area contributed by atoms with Gasteiger partial charge in [-0.15, -0.1) is 0 Å². The first-order chi connectivity index (χ1) is 12.9. The lowest BCUT2D eigenvalue weighted by atomic mass is 9.83. The second kappa shape index (κ2) is 6.72. The predicted molar refractivity (Wildman–Crippen MR) is 99.5 cm³/mol. The average Bonchev–Trinajstić information content (AvgIpc) is 3.12. The van der Waals surface area contributed by atoms with Crippen LogP contribution in [0.2, 0.25) is 0 Å². The van der Waals surface area contributed by atoms with E-state index in [1.807, 2.05) is 42.5 Å². The Kier molecular flexibility index (Phi) is 4.41. The maximum Gasteiger partial charge on any atom is 0.337 e. The third kappa shape index (κ3) is 3.07. The lowest BCUT2D eigenvalue weighted by Gasteiger charge is -2.39. The second-order valence-electron chi connectivity index (χ2n) is 7.34. The number of carbonyl (C=O) groups excluding carboxylic acids is 2. The van der Waals surface area contributed by atoms with Gasteiger partial charge in [-0.1, -0.05) is 42.5 Å². The molecule has 1 aliphatic heterocycles. The first kappa shape index (κ1) is 17.0. The maximum absolute atomic E-state index is 13.4. The van der Waals surface area contributed by atoms with Crippen LogP contribution in [-0.4, -0.2) is 40.6 Å². The minimum Gasteiger partial charge on any atom is -0.458 e. The largest absolute Gasteiger partial charge is 0.458 e. The Hall–Kier alpha value is -2.40. The molecule has 138 valence electrons. The minimum atomic E-state index is -1.30. The molecule has 26 heavy (non-hydrogen) atoms. The molecule has 1 N–H and O–H groups in total. The highest BCUT2D eigenvalue weighted by atomic mass is 16.6. The van der Waals surface area contributed by atoms with E-state index < -0.39 is 29.6 Å². The molecule has 1 atom stereocenters. The van der Waals surface area contributed by atoms with E-state index in [1.165, 1.54) is 4.90 Å². The van der Waals surface area contributed by atoms with Crippen molar-refractivity contribution in [1.82, 2.24) is 4.90 Å². The fraction of sp³-hybridized carbons (Fsp3) is 0.429. The van der Waals surface area contributed by atoms with Crippen LogP contribution in [0.3, 0.4) is 0 Å². The number of hydrogen-bond donors (Lipinski definition) is 1. The molecule has 1 heterocycles. The number of carbonyl (C=O) groups is 2. The van der Waals surface area contributed by atoms with Crippen molar-refractivity contribution in [3.8, 4) is 0 Å². The van der Waals surface area contributed by atoms with Gasteiger partial charge in [-0.25, -0.2) is 4.79 Å². The van der Waals surface area contributed by atoms with Crippen LogP contribution in [0.1, 0.15) is 40.5 Å². The minimum absolute atomic E-state index is 0.0850. The molecule has 3 rings (SSSR count). The molecule has 1 fully saturated rings. The number of ether oxygens (including phenoxy) is 1. The number of benzene rings is 2. The summed E-state index contributed by atoms with van der Waals surface area (Å²) in [5.74, 6) is -1.04. The summed E-state index contributed by atoms with van der Waals surface area (Å²) in [6, 6.07) is 13.4. The molecule has 5 heteroatoms. The Bertz CT molecular complexity index is 861. The summed E-state index contributed by atoms with van der Waals surface area (Å²) in [5, 5.41) is 11.3. The van der Waals surface area contributed by atoms with E-state index in [4.69, 9.17) is 6.11 Å². The summed E-state index contributed by atoms with van der Waals surface area (Å²) in [5.41, 5.74) is -1.57. The molecular formula is C21H25NO4. The maximum atomic E-state index is 13.4. The highest BCUT2D eigenvalue weighted by Crippen LogP contribution is 2.43. The van der Waals surface area contributed by atoms with Gasteiger partial charge < -0.3 is 14.7 Å². The first-order valence-corrected chi connectivity index (χ1v) is 8.78. The number of fused-ring (bicyclic) bond motifs is 1. The monoisotopic (exact) mass is 356 g/mol. The Morgan fingerprint density at radius 1 is 1.27 bits per heavy atom. The van der Waals surface area contributed by atoms with Gasteiger partial charge in [0.1, 0.15) is 12.2 Å². The predicted octanol–water partition coefficient (Wildman–Crippen LogP) is 2.99. The molecule has 2 aromatic rings. The standard InChI is InChI=1S/C21H25NO4/c1-20(2,3)26-19(25)21(12-7-13-22(21)18(24)14-23)17-11-6-9-15-8-4-5-10-16(15)17/h4-6,8-11,23H,7,12-14H2,1-3H3/t21-/m1/s1/i1D. The molecule has 1 aliphatic rings. The zero-order chi connectivity index (χ0) is 19.7. The van der Waals surface area contributed by atoms with E-state index in [-0.39, 0.29) is 6.90 Å². The van der Waals surface area contributed by atoms with E-state index in [0.717, 1.165) is 10.8 Å². The quantitative estimate of drug-likeness (QED) is 0.859. The molecular weight excluding hydrogens is 330 g/mol. The highest BCUT2D eigenvalue weighted by Gasteiger charge is 2.53. The number of amides is 1. The molecule has 0 aromatic heterocycles. The normalized spacial score (nSPS) is 20.9. The van der Waals surface area contributed by atoms with Gasteiger partial charge in [0.05, 0.1) is 0 Å². The van der Waals surface area contributed by atoms with E-state index in [1.54, 1.807) is 13.8 Å². The number of hydrogen-bond acceptors (Lipinski definition) is 4. The van der Waals surface area contributed by atoms with Gasteiger partial charge in [-0.05, 0) is 49.9 Å². The van der Waals surface area contributed by atoms with E-state index >= 15 is 0 Å². The smallest absolute Gasteiger partial charge is 0.337 e. The Labute approximate surface area is 155 Å². The number of aliphatic hydroxyl groups excluding tert-OH is 1. The van der Waals surface area contributed by atoms with Gasteiger partial charge in [-0.2, -0.15) is 0 Å². The number of aliphatic hydroxyl groups is 1. The van der Waals surface area contributed by atoms with Gasteiger partial charge in [0.2, 0.25) is 5.91 Å². The van der Waals surface area contributed by atoms with Crippen LogP contribution in [-0.2, 0) is 19.9 Å². The zero-order valence-electron chi connectivity index (χ0n) is 16.2. The molecule has 1 saturated heterocycles. The van der Waals surface area contributed by atoms with Crippen molar-refractivity contribution in [2.75, 3.05) is 13.2 Å². The van der Waals surface area contributed by atoms with Crippen LogP contribution in [0.5, 0.6) is 0 Å². The Morgan fingerprint density at radius 3 is 2.73 bits per heavy atom. The molecule has 0 radical (unpaired) electrons. The summed E-state index contributed by atoms with van der Waals surface area (Å²) in [7, 11) is 0. The second-order valence-corrected chi connectivity index (χ2v) is 7.34. The van der Waals surface area contributed by atoms with Crippen molar-refractivity contribution in [2.45, 2.75) is 44.7 Å². The van der Waals surface area contributed by atoms with Crippen molar-refractivity contribution in [3.63, 3.8) is 0 Å². The van der Waals surface area contributed by atoms with Crippen molar-refractivity contribution in [3.05, 3.63) is 48.0 Å². The summed E-state index contributed by atoms with van der Waals surface area (Å²) in [4.78, 5) is 27.4. The van der Waals surface area contributed by atoms with Crippen LogP contribution in [0, 0.1) is 0 Å². The summed E-state index contributed by atoms with van der Waals surface area (Å²) in [6.45, 7) is 2.99. The molecule has 2 aromatic carbocycles. The van der Waals surface area contributed by atoms with Gasteiger partial charge in [0.15, 0.2) is 5.54 Å². The van der Waals surface area contributed by atoms with E-state index in [0.29, 0.717) is 24.9 Å². The molecule has 0 unspecified atom stereocenters. The van der Waals surface area contributed by atoms with Crippen molar-refractivity contribution < 1.29 is 20.8 Å². The summed E-state index contributed by atoms with van der Waals surface area (Å²) >= 11 is 0. The van der Waals surface area contributed by atoms with Gasteiger partial charge in [-0.3, -0.25) is 4.79 Å². The van der Waals surface area contributed by atoms with Gasteiger partial charge >= 0.3 is 5.97 Å². The molecule has 5 nitrogen and oxygen atoms in total. The van der Waals surface area contributed by atoms with Crippen LogP contribution >= 0.6 is 0 Å². The molecule has 1 amide bonds. The lowest BCUT2D eigenvalue weighted by Crippen LogP contribution is -2.53. The number of nitrogens with zero attached hydrogens (tertiary/aromatic N) is 1. The topological polar surface area (TPSA) is 66.8 Å². The third-order valence-corrected chi connectivity index (χ3v) is 4.76. The zero-order valence-corrected chi connectivity index (χ0v) is 15.2. The van der Waals surface area contributed by atoms with Gasteiger partial charge in [0, 0.05) is 7.92 Å². The molecule has 0 saturated carbocycles. The lowest BCUT2D eigenvalue weighted by molar-refractivity contribution is -0.173. The Morgan fingerprint density at radius 2 is 2.00 bits per heavy atom. The summed E-state index contributed by atoms with van der Waals surface area (Å²) < 4.78 is 13.3. The van der Waals surface area contributed by atoms with E-state index in [2.05, 4.69) is 0 Å². The first-order valence-electron chi connectivity index (χ1n) is 9.49. The molecule has 0 spiro atoms. The molecule has 0 bridgehead atoms. The Balaban J connectivity index is 2.22. The van der Waals surface area contributed by atoms with Crippen LogP contribution in [0.4, 0.5) is 0 Å². The van der Waals surface area contributed by atoms with Crippen molar-refractivity contribution in [2.24, 2.45) is 0 Å². The number of rotatable bonds is 3. The fourth-order valence-electron chi connectivity index (χ4n) is 3.77. The van der Waals surface area contributed by atoms with Crippen molar-refractivity contribution in [1.29, 1.82) is 0 Å². The van der Waals surface area contributed by atoms with E-state index in [9.17, 15) is 14.7 Å². The number of likely N-dealkylation sites (tertiary alicyclic amines) is 1. The van der Waals surface area contributed by atoms with Crippen LogP contribution < -0.4 is 0 Å². The fourth-order valence-corrected chi connectivity index (χ4v) is 3.77.